The first kappa shape index (κ1) is 18.7. The highest BCUT2D eigenvalue weighted by molar-refractivity contribution is 5.81. The van der Waals surface area contributed by atoms with Crippen molar-refractivity contribution < 1.29 is 9.53 Å². The van der Waals surface area contributed by atoms with Gasteiger partial charge in [-0.3, -0.25) is 4.79 Å². The van der Waals surface area contributed by atoms with E-state index in [0.717, 1.165) is 30.3 Å². The van der Waals surface area contributed by atoms with Crippen LogP contribution in [0.15, 0.2) is 29.1 Å². The van der Waals surface area contributed by atoms with Crippen molar-refractivity contribution in [1.29, 1.82) is 0 Å². The SMILES string of the molecule is COCCn1c2ccccc2n2c(=O)n(CC(=O)N[C@@H]3CCCC[C@@H]3C)nc12. The summed E-state index contributed by atoms with van der Waals surface area (Å²) < 4.78 is 9.99. The fourth-order valence-corrected chi connectivity index (χ4v) is 4.20. The Morgan fingerprint density at radius 2 is 2.00 bits per heavy atom. The number of ether oxygens (including phenoxy) is 1. The number of imidazole rings is 1. The van der Waals surface area contributed by atoms with E-state index in [4.69, 9.17) is 4.74 Å². The van der Waals surface area contributed by atoms with Gasteiger partial charge in [0, 0.05) is 19.7 Å². The number of methoxy groups -OCH3 is 1. The Kier molecular flexibility index (Phi) is 5.21. The third-order valence-corrected chi connectivity index (χ3v) is 5.75. The van der Waals surface area contributed by atoms with Gasteiger partial charge in [0.05, 0.1) is 17.6 Å². The maximum atomic E-state index is 13.0. The predicted molar refractivity (Wildman–Crippen MR) is 106 cm³/mol. The molecule has 3 aromatic rings. The minimum atomic E-state index is -0.297. The molecular weight excluding hydrogens is 358 g/mol. The number of carbonyl (C=O) groups excluding carboxylic acids is 1. The maximum absolute atomic E-state index is 13.0. The lowest BCUT2D eigenvalue weighted by molar-refractivity contribution is -0.123. The summed E-state index contributed by atoms with van der Waals surface area (Å²) in [5, 5.41) is 7.56. The summed E-state index contributed by atoms with van der Waals surface area (Å²) in [6.45, 7) is 3.19. The average Bonchev–Trinajstić information content (AvgIpc) is 3.16. The fourth-order valence-electron chi connectivity index (χ4n) is 4.20. The zero-order valence-electron chi connectivity index (χ0n) is 16.4. The molecule has 0 spiro atoms. The number of benzene rings is 1. The van der Waals surface area contributed by atoms with Gasteiger partial charge in [0.25, 0.3) is 0 Å². The van der Waals surface area contributed by atoms with Crippen molar-refractivity contribution in [2.24, 2.45) is 5.92 Å². The van der Waals surface area contributed by atoms with Crippen molar-refractivity contribution in [3.8, 4) is 0 Å². The smallest absolute Gasteiger partial charge is 0.352 e. The molecule has 1 saturated carbocycles. The maximum Gasteiger partial charge on any atom is 0.352 e. The first-order valence-electron chi connectivity index (χ1n) is 9.95. The third-order valence-electron chi connectivity index (χ3n) is 5.75. The Morgan fingerprint density at radius 1 is 1.25 bits per heavy atom. The van der Waals surface area contributed by atoms with E-state index in [2.05, 4.69) is 17.3 Å². The zero-order valence-corrected chi connectivity index (χ0v) is 16.4. The minimum absolute atomic E-state index is 0.0671. The van der Waals surface area contributed by atoms with Gasteiger partial charge in [-0.2, -0.15) is 0 Å². The molecule has 0 bridgehead atoms. The molecule has 0 unspecified atom stereocenters. The Balaban J connectivity index is 1.64. The normalized spacial score (nSPS) is 20.1. The van der Waals surface area contributed by atoms with Crippen molar-refractivity contribution >= 4 is 22.7 Å². The van der Waals surface area contributed by atoms with E-state index in [1.54, 1.807) is 11.5 Å². The molecule has 1 aromatic carbocycles. The van der Waals surface area contributed by atoms with Crippen LogP contribution >= 0.6 is 0 Å². The van der Waals surface area contributed by atoms with Gasteiger partial charge >= 0.3 is 5.69 Å². The second-order valence-electron chi connectivity index (χ2n) is 7.64. The van der Waals surface area contributed by atoms with E-state index in [0.29, 0.717) is 24.8 Å². The van der Waals surface area contributed by atoms with Crippen LogP contribution in [0.3, 0.4) is 0 Å². The highest BCUT2D eigenvalue weighted by atomic mass is 16.5. The van der Waals surface area contributed by atoms with Gasteiger partial charge in [-0.25, -0.2) is 13.9 Å². The summed E-state index contributed by atoms with van der Waals surface area (Å²) in [4.78, 5) is 25.5. The lowest BCUT2D eigenvalue weighted by atomic mass is 9.86. The molecule has 0 saturated heterocycles. The van der Waals surface area contributed by atoms with Crippen LogP contribution in [-0.4, -0.2) is 44.4 Å². The van der Waals surface area contributed by atoms with E-state index >= 15 is 0 Å². The number of nitrogens with zero attached hydrogens (tertiary/aromatic N) is 4. The van der Waals surface area contributed by atoms with Crippen LogP contribution in [0.4, 0.5) is 0 Å². The summed E-state index contributed by atoms with van der Waals surface area (Å²) >= 11 is 0. The monoisotopic (exact) mass is 385 g/mol. The largest absolute Gasteiger partial charge is 0.383 e. The summed E-state index contributed by atoms with van der Waals surface area (Å²) in [5.74, 6) is 0.842. The van der Waals surface area contributed by atoms with Crippen LogP contribution < -0.4 is 11.0 Å². The third kappa shape index (κ3) is 3.32. The molecule has 4 rings (SSSR count). The Hall–Kier alpha value is -2.61. The lowest BCUT2D eigenvalue weighted by Crippen LogP contribution is -2.43. The molecule has 8 heteroatoms. The van der Waals surface area contributed by atoms with E-state index in [1.165, 1.54) is 11.1 Å². The Bertz CT molecular complexity index is 1050. The van der Waals surface area contributed by atoms with Crippen molar-refractivity contribution in [2.75, 3.05) is 13.7 Å². The van der Waals surface area contributed by atoms with Crippen LogP contribution in [0.1, 0.15) is 32.6 Å². The highest BCUT2D eigenvalue weighted by Crippen LogP contribution is 2.23. The molecule has 2 heterocycles. The van der Waals surface area contributed by atoms with Crippen molar-refractivity contribution in [1.82, 2.24) is 24.1 Å². The number of nitrogens with one attached hydrogen (secondary N) is 1. The number of carbonyl (C=O) groups is 1. The minimum Gasteiger partial charge on any atom is -0.383 e. The predicted octanol–water partition coefficient (Wildman–Crippen LogP) is 1.79. The van der Waals surface area contributed by atoms with Gasteiger partial charge in [-0.05, 0) is 30.9 Å². The highest BCUT2D eigenvalue weighted by Gasteiger charge is 2.24. The van der Waals surface area contributed by atoms with Crippen molar-refractivity contribution in [2.45, 2.75) is 51.7 Å². The molecule has 0 radical (unpaired) electrons. The molecule has 28 heavy (non-hydrogen) atoms. The summed E-state index contributed by atoms with van der Waals surface area (Å²) in [6, 6.07) is 7.86. The van der Waals surface area contributed by atoms with Crippen LogP contribution in [0.5, 0.6) is 0 Å². The van der Waals surface area contributed by atoms with Gasteiger partial charge in [-0.15, -0.1) is 5.10 Å². The quantitative estimate of drug-likeness (QED) is 0.701. The number of aromatic nitrogens is 4. The molecule has 8 nitrogen and oxygen atoms in total. The van der Waals surface area contributed by atoms with Gasteiger partial charge in [-0.1, -0.05) is 31.9 Å². The second kappa shape index (κ2) is 7.79. The number of rotatable bonds is 6. The van der Waals surface area contributed by atoms with E-state index in [-0.39, 0.29) is 24.2 Å². The molecule has 1 fully saturated rings. The Morgan fingerprint density at radius 3 is 2.75 bits per heavy atom. The van der Waals surface area contributed by atoms with Crippen LogP contribution in [0, 0.1) is 5.92 Å². The summed E-state index contributed by atoms with van der Waals surface area (Å²) in [7, 11) is 1.64. The number of hydrogen-bond donors (Lipinski definition) is 1. The summed E-state index contributed by atoms with van der Waals surface area (Å²) in [6.07, 6.45) is 4.49. The summed E-state index contributed by atoms with van der Waals surface area (Å²) in [5.41, 5.74) is 1.41. The molecule has 2 aromatic heterocycles. The van der Waals surface area contributed by atoms with Crippen molar-refractivity contribution in [3.63, 3.8) is 0 Å². The number of fused-ring (bicyclic) bond motifs is 3. The molecule has 1 aliphatic carbocycles. The lowest BCUT2D eigenvalue weighted by Gasteiger charge is -2.29. The average molecular weight is 385 g/mol. The molecular formula is C20H27N5O3. The topological polar surface area (TPSA) is 82.6 Å². The second-order valence-corrected chi connectivity index (χ2v) is 7.64. The van der Waals surface area contributed by atoms with E-state index < -0.39 is 0 Å². The molecule has 2 atom stereocenters. The number of amides is 1. The van der Waals surface area contributed by atoms with E-state index in [1.807, 2.05) is 28.8 Å². The first-order valence-corrected chi connectivity index (χ1v) is 9.95. The zero-order chi connectivity index (χ0) is 19.7. The molecule has 0 aliphatic heterocycles. The first-order chi connectivity index (χ1) is 13.6. The van der Waals surface area contributed by atoms with Gasteiger partial charge in [0.15, 0.2) is 0 Å². The standard InChI is InChI=1S/C20H27N5O3/c1-14-7-3-4-8-15(14)21-18(26)13-24-20(27)25-17-10-6-5-9-16(17)23(11-12-28-2)19(25)22-24/h5-6,9-10,14-15H,3-4,7-8,11-13H2,1-2H3,(H,21,26)/t14-,15+/m0/s1. The van der Waals surface area contributed by atoms with Crippen molar-refractivity contribution in [3.05, 3.63) is 34.7 Å². The molecule has 1 aliphatic rings. The molecule has 150 valence electrons. The van der Waals surface area contributed by atoms with Gasteiger partial charge in [0.1, 0.15) is 6.54 Å². The van der Waals surface area contributed by atoms with Crippen LogP contribution in [0.25, 0.3) is 16.8 Å². The number of hydrogen-bond acceptors (Lipinski definition) is 4. The molecule has 1 N–H and O–H groups in total. The van der Waals surface area contributed by atoms with Gasteiger partial charge in [0.2, 0.25) is 11.7 Å². The van der Waals surface area contributed by atoms with Crippen LogP contribution in [0.2, 0.25) is 0 Å². The number of para-hydroxylation sites is 2. The van der Waals surface area contributed by atoms with Gasteiger partial charge < -0.3 is 14.6 Å². The molecule has 1 amide bonds. The van der Waals surface area contributed by atoms with E-state index in [9.17, 15) is 9.59 Å². The van der Waals surface area contributed by atoms with Crippen LogP contribution in [-0.2, 0) is 22.6 Å². The Labute approximate surface area is 163 Å². The fraction of sp³-hybridized carbons (Fsp3) is 0.550.